The molecule has 0 spiro atoms. The van der Waals surface area contributed by atoms with E-state index in [4.69, 9.17) is 0 Å². The van der Waals surface area contributed by atoms with Crippen LogP contribution in [0.4, 0.5) is 0 Å². The maximum absolute atomic E-state index is 4.60. The highest BCUT2D eigenvalue weighted by Gasteiger charge is 2.02. The van der Waals surface area contributed by atoms with E-state index in [1.807, 2.05) is 18.7 Å². The van der Waals surface area contributed by atoms with Crippen molar-refractivity contribution in [3.8, 4) is 0 Å². The molecule has 1 atom stereocenters. The van der Waals surface area contributed by atoms with E-state index in [-0.39, 0.29) is 24.0 Å². The van der Waals surface area contributed by atoms with Gasteiger partial charge in [0.15, 0.2) is 5.96 Å². The normalized spacial score (nSPS) is 12.7. The Morgan fingerprint density at radius 3 is 2.68 bits per heavy atom. The summed E-state index contributed by atoms with van der Waals surface area (Å²) in [5.74, 6) is 0.909. The monoisotopic (exact) mass is 439 g/mol. The van der Waals surface area contributed by atoms with Crippen molar-refractivity contribution in [1.82, 2.24) is 20.4 Å². The smallest absolute Gasteiger partial charge is 0.191 e. The van der Waals surface area contributed by atoms with Crippen molar-refractivity contribution < 1.29 is 0 Å². The lowest BCUT2D eigenvalue weighted by atomic mass is 10.4. The third-order valence-electron chi connectivity index (χ3n) is 3.20. The van der Waals surface area contributed by atoms with Gasteiger partial charge in [-0.15, -0.1) is 24.0 Å². The van der Waals surface area contributed by atoms with Crippen molar-refractivity contribution in [2.24, 2.45) is 4.99 Å². The number of hydrogen-bond acceptors (Lipinski definition) is 3. The Bertz CT molecular complexity index is 447. The van der Waals surface area contributed by atoms with E-state index in [0.29, 0.717) is 5.25 Å². The SMILES string of the molecule is CCNC(=NCC(C)SC)NCCCn1nc(C)cc1C.I. The molecule has 0 aliphatic heterocycles. The fourth-order valence-corrected chi connectivity index (χ4v) is 2.20. The predicted molar refractivity (Wildman–Crippen MR) is 109 cm³/mol. The fraction of sp³-hybridized carbons (Fsp3) is 0.733. The van der Waals surface area contributed by atoms with Gasteiger partial charge in [-0.1, -0.05) is 6.92 Å². The molecule has 0 aromatic carbocycles. The van der Waals surface area contributed by atoms with Crippen molar-refractivity contribution in [3.63, 3.8) is 0 Å². The van der Waals surface area contributed by atoms with Crippen LogP contribution in [0.3, 0.4) is 0 Å². The van der Waals surface area contributed by atoms with E-state index in [0.717, 1.165) is 44.3 Å². The van der Waals surface area contributed by atoms with Gasteiger partial charge < -0.3 is 10.6 Å². The first-order valence-electron chi connectivity index (χ1n) is 7.62. The fourth-order valence-electron chi connectivity index (χ4n) is 1.97. The second-order valence-electron chi connectivity index (χ2n) is 5.20. The molecular weight excluding hydrogens is 409 g/mol. The maximum Gasteiger partial charge on any atom is 0.191 e. The number of halogens is 1. The number of rotatable bonds is 8. The molecule has 2 N–H and O–H groups in total. The summed E-state index contributed by atoms with van der Waals surface area (Å²) in [7, 11) is 0. The molecule has 1 rings (SSSR count). The van der Waals surface area contributed by atoms with Crippen LogP contribution in [0.5, 0.6) is 0 Å². The lowest BCUT2D eigenvalue weighted by Crippen LogP contribution is -2.38. The van der Waals surface area contributed by atoms with E-state index in [9.17, 15) is 0 Å². The number of aliphatic imine (C=N–C) groups is 1. The number of thioether (sulfide) groups is 1. The Morgan fingerprint density at radius 2 is 2.14 bits per heavy atom. The largest absolute Gasteiger partial charge is 0.357 e. The summed E-state index contributed by atoms with van der Waals surface area (Å²) in [6.07, 6.45) is 3.15. The van der Waals surface area contributed by atoms with Crippen LogP contribution in [0.2, 0.25) is 0 Å². The first-order chi connectivity index (χ1) is 10.1. The van der Waals surface area contributed by atoms with Crippen molar-refractivity contribution in [2.45, 2.75) is 45.9 Å². The average Bonchev–Trinajstić information content (AvgIpc) is 2.78. The lowest BCUT2D eigenvalue weighted by Gasteiger charge is -2.13. The highest BCUT2D eigenvalue weighted by molar-refractivity contribution is 14.0. The highest BCUT2D eigenvalue weighted by Crippen LogP contribution is 2.04. The summed E-state index contributed by atoms with van der Waals surface area (Å²) in [5, 5.41) is 11.7. The molecule has 0 aliphatic carbocycles. The van der Waals surface area contributed by atoms with Gasteiger partial charge >= 0.3 is 0 Å². The molecule has 0 aliphatic rings. The number of hydrogen-bond donors (Lipinski definition) is 2. The maximum atomic E-state index is 4.60. The minimum Gasteiger partial charge on any atom is -0.357 e. The Kier molecular flexibility index (Phi) is 11.8. The van der Waals surface area contributed by atoms with Crippen LogP contribution in [0, 0.1) is 13.8 Å². The van der Waals surface area contributed by atoms with Crippen LogP contribution >= 0.6 is 35.7 Å². The first-order valence-corrected chi connectivity index (χ1v) is 8.91. The third-order valence-corrected chi connectivity index (χ3v) is 4.15. The molecule has 0 amide bonds. The van der Waals surface area contributed by atoms with Crippen LogP contribution in [0.25, 0.3) is 0 Å². The summed E-state index contributed by atoms with van der Waals surface area (Å²) >= 11 is 1.84. The summed E-state index contributed by atoms with van der Waals surface area (Å²) < 4.78 is 2.07. The molecule has 128 valence electrons. The van der Waals surface area contributed by atoms with Crippen molar-refractivity contribution >= 4 is 41.7 Å². The third kappa shape index (κ3) is 8.26. The lowest BCUT2D eigenvalue weighted by molar-refractivity contribution is 0.555. The van der Waals surface area contributed by atoms with Gasteiger partial charge in [-0.2, -0.15) is 16.9 Å². The highest BCUT2D eigenvalue weighted by atomic mass is 127. The van der Waals surface area contributed by atoms with E-state index in [1.165, 1.54) is 5.69 Å². The van der Waals surface area contributed by atoms with Crippen molar-refractivity contribution in [1.29, 1.82) is 0 Å². The second kappa shape index (κ2) is 12.0. The van der Waals surface area contributed by atoms with E-state index < -0.39 is 0 Å². The Labute approximate surface area is 156 Å². The van der Waals surface area contributed by atoms with Crippen LogP contribution < -0.4 is 10.6 Å². The molecule has 0 radical (unpaired) electrons. The molecule has 22 heavy (non-hydrogen) atoms. The van der Waals surface area contributed by atoms with E-state index >= 15 is 0 Å². The van der Waals surface area contributed by atoms with Gasteiger partial charge in [0.2, 0.25) is 0 Å². The number of nitrogens with zero attached hydrogens (tertiary/aromatic N) is 3. The second-order valence-corrected chi connectivity index (χ2v) is 6.47. The molecule has 1 aromatic heterocycles. The topological polar surface area (TPSA) is 54.2 Å². The van der Waals surface area contributed by atoms with Crippen LogP contribution in [0.15, 0.2) is 11.1 Å². The molecule has 5 nitrogen and oxygen atoms in total. The zero-order valence-corrected chi connectivity index (χ0v) is 17.5. The number of guanidine groups is 1. The van der Waals surface area contributed by atoms with Gasteiger partial charge in [-0.3, -0.25) is 9.67 Å². The number of nitrogens with one attached hydrogen (secondary N) is 2. The Morgan fingerprint density at radius 1 is 1.41 bits per heavy atom. The van der Waals surface area contributed by atoms with Gasteiger partial charge in [-0.05, 0) is 39.5 Å². The van der Waals surface area contributed by atoms with Crippen molar-refractivity contribution in [2.75, 3.05) is 25.9 Å². The van der Waals surface area contributed by atoms with E-state index in [1.54, 1.807) is 0 Å². The molecule has 7 heteroatoms. The average molecular weight is 439 g/mol. The molecule has 1 heterocycles. The Balaban J connectivity index is 0.00000441. The predicted octanol–water partition coefficient (Wildman–Crippen LogP) is 2.81. The quantitative estimate of drug-likeness (QED) is 0.283. The van der Waals surface area contributed by atoms with Crippen LogP contribution in [-0.4, -0.2) is 46.9 Å². The minimum atomic E-state index is 0. The summed E-state index contributed by atoms with van der Waals surface area (Å²) in [5.41, 5.74) is 2.31. The summed E-state index contributed by atoms with van der Waals surface area (Å²) in [6.45, 7) is 12.0. The molecular formula is C15H30IN5S. The van der Waals surface area contributed by atoms with Crippen molar-refractivity contribution in [3.05, 3.63) is 17.5 Å². The van der Waals surface area contributed by atoms with Crippen LogP contribution in [0.1, 0.15) is 31.7 Å². The van der Waals surface area contributed by atoms with Gasteiger partial charge in [0, 0.05) is 30.6 Å². The molecule has 0 saturated carbocycles. The molecule has 0 bridgehead atoms. The van der Waals surface area contributed by atoms with Gasteiger partial charge in [0.05, 0.1) is 12.2 Å². The zero-order valence-electron chi connectivity index (χ0n) is 14.3. The molecule has 1 aromatic rings. The minimum absolute atomic E-state index is 0. The Hall–Kier alpha value is -0.440. The summed E-state index contributed by atoms with van der Waals surface area (Å²) in [4.78, 5) is 4.60. The molecule has 1 unspecified atom stereocenters. The van der Waals surface area contributed by atoms with Gasteiger partial charge in [0.1, 0.15) is 0 Å². The van der Waals surface area contributed by atoms with E-state index in [2.05, 4.69) is 58.5 Å². The van der Waals surface area contributed by atoms with Gasteiger partial charge in [-0.25, -0.2) is 0 Å². The molecule has 0 fully saturated rings. The summed E-state index contributed by atoms with van der Waals surface area (Å²) in [6, 6.07) is 2.11. The number of aryl methyl sites for hydroxylation is 3. The van der Waals surface area contributed by atoms with Crippen LogP contribution in [-0.2, 0) is 6.54 Å². The zero-order chi connectivity index (χ0) is 15.7. The first kappa shape index (κ1) is 21.6. The number of aromatic nitrogens is 2. The molecule has 0 saturated heterocycles. The standard InChI is InChI=1S/C15H29N5S.HI/c1-6-16-15(18-11-14(4)21-5)17-8-7-9-20-13(3)10-12(2)19-20;/h10,14H,6-9,11H2,1-5H3,(H2,16,17,18);1H. The van der Waals surface area contributed by atoms with Gasteiger partial charge in [0.25, 0.3) is 0 Å².